The third-order valence-corrected chi connectivity index (χ3v) is 6.01. The van der Waals surface area contributed by atoms with Gasteiger partial charge < -0.3 is 4.57 Å². The molecule has 152 valence electrons. The van der Waals surface area contributed by atoms with Crippen molar-refractivity contribution < 1.29 is 0 Å². The van der Waals surface area contributed by atoms with Crippen molar-refractivity contribution in [2.75, 3.05) is 0 Å². The van der Waals surface area contributed by atoms with Crippen LogP contribution in [-0.4, -0.2) is 14.1 Å². The SMILES string of the molecule is Cc1ccccc1-n1c(C=Cc2c(C)n(C)c3ccccc23)nc2ccccc2c1=O. The molecule has 3 aromatic carbocycles. The molecule has 0 aliphatic heterocycles. The van der Waals surface area contributed by atoms with E-state index in [1.165, 1.54) is 16.6 Å². The van der Waals surface area contributed by atoms with Crippen LogP contribution in [0.2, 0.25) is 0 Å². The highest BCUT2D eigenvalue weighted by Crippen LogP contribution is 2.27. The molecule has 0 aliphatic rings. The van der Waals surface area contributed by atoms with Gasteiger partial charge in [0.25, 0.3) is 5.56 Å². The first-order valence-electron chi connectivity index (χ1n) is 10.4. The molecule has 5 aromatic rings. The zero-order chi connectivity index (χ0) is 21.5. The number of para-hydroxylation sites is 3. The summed E-state index contributed by atoms with van der Waals surface area (Å²) in [6.45, 7) is 4.13. The van der Waals surface area contributed by atoms with Gasteiger partial charge in [0.2, 0.25) is 0 Å². The number of nitrogens with zero attached hydrogens (tertiary/aromatic N) is 3. The molecule has 5 rings (SSSR count). The normalized spacial score (nSPS) is 11.7. The molecule has 4 heteroatoms. The summed E-state index contributed by atoms with van der Waals surface area (Å²) in [7, 11) is 2.08. The zero-order valence-electron chi connectivity index (χ0n) is 17.8. The van der Waals surface area contributed by atoms with Gasteiger partial charge in [0.1, 0.15) is 5.82 Å². The van der Waals surface area contributed by atoms with Crippen molar-refractivity contribution in [2.24, 2.45) is 7.05 Å². The van der Waals surface area contributed by atoms with Gasteiger partial charge in [-0.1, -0.05) is 48.5 Å². The fourth-order valence-corrected chi connectivity index (χ4v) is 4.23. The predicted octanol–water partition coefficient (Wildman–Crippen LogP) is 5.66. The standard InChI is InChI=1S/C27H23N3O/c1-18-10-4-8-14-24(18)30-26(28-23-13-7-5-12-22(23)27(30)31)17-16-20-19(2)29(3)25-15-9-6-11-21(20)25/h4-17H,1-3H3. The Morgan fingerprint density at radius 3 is 2.29 bits per heavy atom. The minimum atomic E-state index is -0.0609. The maximum atomic E-state index is 13.5. The number of hydrogen-bond donors (Lipinski definition) is 0. The molecule has 0 fully saturated rings. The summed E-state index contributed by atoms with van der Waals surface area (Å²) < 4.78 is 3.91. The summed E-state index contributed by atoms with van der Waals surface area (Å²) in [5, 5.41) is 1.80. The second kappa shape index (κ2) is 7.40. The lowest BCUT2D eigenvalue weighted by Gasteiger charge is -2.13. The van der Waals surface area contributed by atoms with E-state index in [9.17, 15) is 4.79 Å². The Bertz CT molecular complexity index is 1540. The summed E-state index contributed by atoms with van der Waals surface area (Å²) in [5.74, 6) is 0.616. The van der Waals surface area contributed by atoms with E-state index in [1.807, 2.05) is 61.5 Å². The van der Waals surface area contributed by atoms with Gasteiger partial charge >= 0.3 is 0 Å². The topological polar surface area (TPSA) is 39.8 Å². The Labute approximate surface area is 180 Å². The Hall–Kier alpha value is -3.92. The molecule has 0 saturated heterocycles. The smallest absolute Gasteiger partial charge is 0.266 e. The molecule has 0 aliphatic carbocycles. The Morgan fingerprint density at radius 2 is 1.48 bits per heavy atom. The third-order valence-electron chi connectivity index (χ3n) is 6.01. The molecule has 0 unspecified atom stereocenters. The Morgan fingerprint density at radius 1 is 0.806 bits per heavy atom. The first kappa shape index (κ1) is 19.1. The second-order valence-electron chi connectivity index (χ2n) is 7.82. The van der Waals surface area contributed by atoms with Crippen LogP contribution >= 0.6 is 0 Å². The van der Waals surface area contributed by atoms with Crippen molar-refractivity contribution >= 4 is 34.0 Å². The lowest BCUT2D eigenvalue weighted by molar-refractivity contribution is 0.916. The van der Waals surface area contributed by atoms with Crippen molar-refractivity contribution in [3.63, 3.8) is 0 Å². The van der Waals surface area contributed by atoms with Gasteiger partial charge in [-0.05, 0) is 55.8 Å². The minimum absolute atomic E-state index is 0.0609. The molecule has 0 spiro atoms. The molecule has 31 heavy (non-hydrogen) atoms. The first-order valence-corrected chi connectivity index (χ1v) is 10.4. The van der Waals surface area contributed by atoms with E-state index in [1.54, 1.807) is 4.57 Å². The molecule has 0 amide bonds. The van der Waals surface area contributed by atoms with Crippen molar-refractivity contribution in [1.29, 1.82) is 0 Å². The van der Waals surface area contributed by atoms with Crippen molar-refractivity contribution in [3.05, 3.63) is 106 Å². The fourth-order valence-electron chi connectivity index (χ4n) is 4.23. The molecule has 2 aromatic heterocycles. The summed E-state index contributed by atoms with van der Waals surface area (Å²) in [6, 6.07) is 23.8. The van der Waals surface area contributed by atoms with E-state index in [-0.39, 0.29) is 5.56 Å². The van der Waals surface area contributed by atoms with Gasteiger partial charge in [0, 0.05) is 29.2 Å². The highest BCUT2D eigenvalue weighted by Gasteiger charge is 2.13. The van der Waals surface area contributed by atoms with Crippen LogP contribution in [0.25, 0.3) is 39.6 Å². The molecule has 0 saturated carbocycles. The maximum absolute atomic E-state index is 13.5. The van der Waals surface area contributed by atoms with Crippen molar-refractivity contribution in [2.45, 2.75) is 13.8 Å². The molecule has 0 radical (unpaired) electrons. The van der Waals surface area contributed by atoms with Crippen LogP contribution in [0.1, 0.15) is 22.6 Å². The summed E-state index contributed by atoms with van der Waals surface area (Å²) in [5.41, 5.74) is 6.00. The number of fused-ring (bicyclic) bond motifs is 2. The number of rotatable bonds is 3. The van der Waals surface area contributed by atoms with Crippen LogP contribution in [0.5, 0.6) is 0 Å². The van der Waals surface area contributed by atoms with E-state index < -0.39 is 0 Å². The Balaban J connectivity index is 1.78. The number of aromatic nitrogens is 3. The van der Waals surface area contributed by atoms with E-state index in [4.69, 9.17) is 4.98 Å². The zero-order valence-corrected chi connectivity index (χ0v) is 17.8. The largest absolute Gasteiger partial charge is 0.347 e. The average molecular weight is 406 g/mol. The minimum Gasteiger partial charge on any atom is -0.347 e. The van der Waals surface area contributed by atoms with E-state index in [0.717, 1.165) is 16.8 Å². The molecule has 2 heterocycles. The Kier molecular flexibility index (Phi) is 4.55. The van der Waals surface area contributed by atoms with Crippen LogP contribution in [0.15, 0.2) is 77.6 Å². The van der Waals surface area contributed by atoms with E-state index >= 15 is 0 Å². The average Bonchev–Trinajstić information content (AvgIpc) is 3.03. The molecule has 0 atom stereocenters. The number of hydrogen-bond acceptors (Lipinski definition) is 2. The highest BCUT2D eigenvalue weighted by molar-refractivity contribution is 5.93. The monoisotopic (exact) mass is 405 g/mol. The lowest BCUT2D eigenvalue weighted by atomic mass is 10.1. The molecular weight excluding hydrogens is 382 g/mol. The van der Waals surface area contributed by atoms with Crippen LogP contribution < -0.4 is 5.56 Å². The van der Waals surface area contributed by atoms with Crippen LogP contribution in [0, 0.1) is 13.8 Å². The molecule has 4 nitrogen and oxygen atoms in total. The number of benzene rings is 3. The summed E-state index contributed by atoms with van der Waals surface area (Å²) in [6.07, 6.45) is 4.03. The fraction of sp³-hybridized carbons (Fsp3) is 0.111. The molecule has 0 N–H and O–H groups in total. The second-order valence-corrected chi connectivity index (χ2v) is 7.82. The van der Waals surface area contributed by atoms with Gasteiger partial charge in [0.15, 0.2) is 0 Å². The predicted molar refractivity (Wildman–Crippen MR) is 129 cm³/mol. The first-order chi connectivity index (χ1) is 15.1. The quantitative estimate of drug-likeness (QED) is 0.388. The third kappa shape index (κ3) is 3.08. The highest BCUT2D eigenvalue weighted by atomic mass is 16.1. The van der Waals surface area contributed by atoms with Gasteiger partial charge in [0.05, 0.1) is 16.6 Å². The van der Waals surface area contributed by atoms with Gasteiger partial charge in [-0.3, -0.25) is 9.36 Å². The van der Waals surface area contributed by atoms with E-state index in [2.05, 4.69) is 48.9 Å². The van der Waals surface area contributed by atoms with Gasteiger partial charge in [-0.15, -0.1) is 0 Å². The van der Waals surface area contributed by atoms with Crippen molar-refractivity contribution in [1.82, 2.24) is 14.1 Å². The summed E-state index contributed by atoms with van der Waals surface area (Å²) >= 11 is 0. The number of aryl methyl sites for hydroxylation is 2. The van der Waals surface area contributed by atoms with Crippen LogP contribution in [0.4, 0.5) is 0 Å². The molecule has 0 bridgehead atoms. The van der Waals surface area contributed by atoms with Crippen LogP contribution in [0.3, 0.4) is 0 Å². The lowest BCUT2D eigenvalue weighted by Crippen LogP contribution is -2.23. The van der Waals surface area contributed by atoms with Gasteiger partial charge in [-0.2, -0.15) is 0 Å². The van der Waals surface area contributed by atoms with Gasteiger partial charge in [-0.25, -0.2) is 4.98 Å². The van der Waals surface area contributed by atoms with Crippen LogP contribution in [-0.2, 0) is 7.05 Å². The maximum Gasteiger partial charge on any atom is 0.266 e. The summed E-state index contributed by atoms with van der Waals surface area (Å²) in [4.78, 5) is 18.3. The van der Waals surface area contributed by atoms with Crippen molar-refractivity contribution in [3.8, 4) is 5.69 Å². The molecular formula is C27H23N3O. The van der Waals surface area contributed by atoms with E-state index in [0.29, 0.717) is 16.7 Å².